The number of morpholine rings is 1. The van der Waals surface area contributed by atoms with Crippen molar-refractivity contribution < 1.29 is 23.9 Å². The van der Waals surface area contributed by atoms with Crippen molar-refractivity contribution in [2.45, 2.75) is 0 Å². The molecule has 0 atom stereocenters. The zero-order valence-electron chi connectivity index (χ0n) is 17.0. The van der Waals surface area contributed by atoms with E-state index < -0.39 is 17.7 Å². The molecule has 0 spiro atoms. The van der Waals surface area contributed by atoms with E-state index in [-0.39, 0.29) is 5.56 Å². The highest BCUT2D eigenvalue weighted by atomic mass is 16.5. The lowest BCUT2D eigenvalue weighted by atomic mass is 10.1. The highest BCUT2D eigenvalue weighted by Crippen LogP contribution is 2.31. The van der Waals surface area contributed by atoms with Crippen molar-refractivity contribution in [3.05, 3.63) is 53.6 Å². The quantitative estimate of drug-likeness (QED) is 0.586. The molecule has 1 N–H and O–H groups in total. The Morgan fingerprint density at radius 3 is 2.61 bits per heavy atom. The molecule has 2 heterocycles. The molecular weight excluding hydrogens is 400 g/mol. The molecule has 2 aromatic rings. The first kappa shape index (κ1) is 20.7. The van der Waals surface area contributed by atoms with E-state index in [0.717, 1.165) is 5.56 Å². The summed E-state index contributed by atoms with van der Waals surface area (Å²) in [6.45, 7) is 2.94. The van der Waals surface area contributed by atoms with E-state index in [1.807, 2.05) is 0 Å². The van der Waals surface area contributed by atoms with Crippen molar-refractivity contribution in [3.63, 3.8) is 0 Å². The van der Waals surface area contributed by atoms with E-state index in [1.165, 1.54) is 17.2 Å². The number of rotatable bonds is 5. The normalized spacial score (nSPS) is 16.6. The van der Waals surface area contributed by atoms with Crippen molar-refractivity contribution in [1.82, 2.24) is 4.90 Å². The van der Waals surface area contributed by atoms with E-state index >= 15 is 0 Å². The lowest BCUT2D eigenvalue weighted by molar-refractivity contribution is -0.114. The number of aliphatic imine (C=N–C) groups is 1. The number of hydrogen-bond acceptors (Lipinski definition) is 6. The molecule has 31 heavy (non-hydrogen) atoms. The van der Waals surface area contributed by atoms with Gasteiger partial charge in [0.1, 0.15) is 5.75 Å². The lowest BCUT2D eigenvalue weighted by Gasteiger charge is -2.30. The Morgan fingerprint density at radius 2 is 1.90 bits per heavy atom. The molecule has 1 saturated heterocycles. The van der Waals surface area contributed by atoms with Crippen LogP contribution in [0.15, 0.2) is 47.5 Å². The van der Waals surface area contributed by atoms with E-state index in [0.29, 0.717) is 50.1 Å². The maximum Gasteiger partial charge on any atom is 0.345 e. The van der Waals surface area contributed by atoms with Gasteiger partial charge in [0.05, 0.1) is 38.2 Å². The molecule has 2 aliphatic rings. The van der Waals surface area contributed by atoms with Crippen LogP contribution in [-0.4, -0.2) is 68.9 Å². The molecule has 3 amide bonds. The van der Waals surface area contributed by atoms with Crippen LogP contribution in [0.1, 0.15) is 15.9 Å². The van der Waals surface area contributed by atoms with Crippen LogP contribution in [0.25, 0.3) is 0 Å². The average molecular weight is 422 g/mol. The molecule has 1 fully saturated rings. The number of urea groups is 1. The molecule has 0 radical (unpaired) electrons. The molecule has 0 aliphatic carbocycles. The maximum atomic E-state index is 12.5. The lowest BCUT2D eigenvalue weighted by Crippen LogP contribution is -2.45. The zero-order chi connectivity index (χ0) is 21.8. The van der Waals surface area contributed by atoms with Gasteiger partial charge < -0.3 is 14.8 Å². The fourth-order valence-electron chi connectivity index (χ4n) is 3.44. The number of ether oxygens (including phenoxy) is 2. The van der Waals surface area contributed by atoms with Crippen LogP contribution in [0.4, 0.5) is 16.2 Å². The first-order valence-corrected chi connectivity index (χ1v) is 9.84. The third-order valence-electron chi connectivity index (χ3n) is 5.11. The summed E-state index contributed by atoms with van der Waals surface area (Å²) in [5.41, 5.74) is 1.95. The summed E-state index contributed by atoms with van der Waals surface area (Å²) in [7, 11) is 1.58. The third-order valence-corrected chi connectivity index (χ3v) is 5.11. The van der Waals surface area contributed by atoms with Gasteiger partial charge in [-0.05, 0) is 48.0 Å². The van der Waals surface area contributed by atoms with Gasteiger partial charge in [0, 0.05) is 25.0 Å². The van der Waals surface area contributed by atoms with Gasteiger partial charge in [-0.2, -0.15) is 0 Å². The Bertz CT molecular complexity index is 1030. The number of anilines is 2. The average Bonchev–Trinajstić information content (AvgIpc) is 3.03. The van der Waals surface area contributed by atoms with Gasteiger partial charge in [0.25, 0.3) is 5.78 Å². The van der Waals surface area contributed by atoms with Crippen molar-refractivity contribution in [1.29, 1.82) is 0 Å². The van der Waals surface area contributed by atoms with Crippen LogP contribution in [0.3, 0.4) is 0 Å². The zero-order valence-corrected chi connectivity index (χ0v) is 17.0. The van der Waals surface area contributed by atoms with Crippen LogP contribution in [0.2, 0.25) is 0 Å². The minimum absolute atomic E-state index is 0.273. The van der Waals surface area contributed by atoms with Crippen LogP contribution >= 0.6 is 0 Å². The fraction of sp³-hybridized carbons (Fsp3) is 0.273. The number of benzene rings is 2. The van der Waals surface area contributed by atoms with Crippen molar-refractivity contribution in [2.24, 2.45) is 4.99 Å². The molecule has 0 bridgehead atoms. The minimum Gasteiger partial charge on any atom is -0.497 e. The van der Waals surface area contributed by atoms with E-state index in [2.05, 4.69) is 15.2 Å². The largest absolute Gasteiger partial charge is 0.497 e. The molecule has 0 aromatic heterocycles. The number of nitrogens with one attached hydrogen (secondary N) is 1. The number of Topliss-reactive ketones (excluding diaryl/α,β-unsaturated/α-hetero) is 1. The molecular formula is C22H22N4O5. The molecule has 4 rings (SSSR count). The molecule has 160 valence electrons. The number of nitrogens with zero attached hydrogens (tertiary/aromatic N) is 3. The monoisotopic (exact) mass is 422 g/mol. The highest BCUT2D eigenvalue weighted by Gasteiger charge is 2.37. The smallest absolute Gasteiger partial charge is 0.345 e. The van der Waals surface area contributed by atoms with Crippen molar-refractivity contribution in [2.75, 3.05) is 50.3 Å². The summed E-state index contributed by atoms with van der Waals surface area (Å²) in [5, 5.41) is 2.63. The Balaban J connectivity index is 1.43. The third kappa shape index (κ3) is 4.62. The minimum atomic E-state index is -0.585. The topological polar surface area (TPSA) is 101 Å². The van der Waals surface area contributed by atoms with E-state index in [4.69, 9.17) is 9.47 Å². The first-order valence-electron chi connectivity index (χ1n) is 9.84. The molecule has 2 aliphatic heterocycles. The standard InChI is InChI=1S/C22H22N4O5/c1-30-17-5-2-15(3-6-17)13-23-22(29)24-16-4-7-19-18(12-16)20(27)21(28)26(19)14-25-8-10-31-11-9-25/h2-7,12-13H,8-11,14H2,1H3,(H,24,29)/b23-13+. The Morgan fingerprint density at radius 1 is 1.16 bits per heavy atom. The van der Waals surface area contributed by atoms with Gasteiger partial charge in [-0.25, -0.2) is 9.79 Å². The number of carbonyl (C=O) groups excluding carboxylic acids is 3. The molecule has 0 unspecified atom stereocenters. The van der Waals surface area contributed by atoms with Gasteiger partial charge in [-0.3, -0.25) is 19.4 Å². The number of ketones is 1. The SMILES string of the molecule is COc1ccc(/C=N/C(=O)Nc2ccc3c(c2)C(=O)C(=O)N3CN2CCOCC2)cc1. The summed E-state index contributed by atoms with van der Waals surface area (Å²) in [6, 6.07) is 11.3. The number of methoxy groups -OCH3 is 1. The molecule has 9 nitrogen and oxygen atoms in total. The summed E-state index contributed by atoms with van der Waals surface area (Å²) in [6.07, 6.45) is 1.43. The number of hydrogen-bond donors (Lipinski definition) is 1. The Kier molecular flexibility index (Phi) is 6.06. The number of amides is 3. The second-order valence-corrected chi connectivity index (χ2v) is 7.13. The molecule has 0 saturated carbocycles. The summed E-state index contributed by atoms with van der Waals surface area (Å²) in [4.78, 5) is 44.5. The predicted molar refractivity (Wildman–Crippen MR) is 115 cm³/mol. The van der Waals surface area contributed by atoms with Gasteiger partial charge in [0.15, 0.2) is 0 Å². The van der Waals surface area contributed by atoms with E-state index in [1.54, 1.807) is 43.5 Å². The summed E-state index contributed by atoms with van der Waals surface area (Å²) < 4.78 is 10.4. The molecule has 9 heteroatoms. The highest BCUT2D eigenvalue weighted by molar-refractivity contribution is 6.52. The van der Waals surface area contributed by atoms with Crippen molar-refractivity contribution >= 4 is 35.3 Å². The Labute approximate surface area is 179 Å². The second-order valence-electron chi connectivity index (χ2n) is 7.13. The van der Waals surface area contributed by atoms with Crippen LogP contribution < -0.4 is 15.0 Å². The van der Waals surface area contributed by atoms with Crippen molar-refractivity contribution in [3.8, 4) is 5.75 Å². The van der Waals surface area contributed by atoms with E-state index in [9.17, 15) is 14.4 Å². The fourth-order valence-corrected chi connectivity index (χ4v) is 3.44. The first-order chi connectivity index (χ1) is 15.0. The summed E-state index contributed by atoms with van der Waals surface area (Å²) in [5.74, 6) is -0.440. The van der Waals surface area contributed by atoms with Crippen LogP contribution in [0, 0.1) is 0 Å². The van der Waals surface area contributed by atoms with Gasteiger partial charge in [-0.1, -0.05) is 0 Å². The number of fused-ring (bicyclic) bond motifs is 1. The van der Waals surface area contributed by atoms with Gasteiger partial charge >= 0.3 is 11.9 Å². The van der Waals surface area contributed by atoms with Gasteiger partial charge in [-0.15, -0.1) is 0 Å². The Hall–Kier alpha value is -3.56. The second kappa shape index (κ2) is 9.07. The van der Waals surface area contributed by atoms with Crippen LogP contribution in [-0.2, 0) is 9.53 Å². The summed E-state index contributed by atoms with van der Waals surface area (Å²) >= 11 is 0. The predicted octanol–water partition coefficient (Wildman–Crippen LogP) is 2.17. The number of carbonyl (C=O) groups is 3. The van der Waals surface area contributed by atoms with Gasteiger partial charge in [0.2, 0.25) is 0 Å². The molecule has 2 aromatic carbocycles. The van der Waals surface area contributed by atoms with Crippen LogP contribution in [0.5, 0.6) is 5.75 Å². The maximum absolute atomic E-state index is 12.5.